The molecule has 0 fully saturated rings. The standard InChI is InChI=1S/C15H15NO3S/c1-3-16(11-7-5-4-6-10(11)2)14(17)12-8-9-13(20-12)15(18)19/h4-9H,3H2,1-2H3,(H,18,19). The van der Waals surface area contributed by atoms with Crippen LogP contribution in [0.4, 0.5) is 5.69 Å². The number of carboxylic acid groups (broad SMARTS) is 1. The molecule has 0 bridgehead atoms. The van der Waals surface area contributed by atoms with Crippen molar-refractivity contribution in [3.8, 4) is 0 Å². The second-order valence-corrected chi connectivity index (χ2v) is 5.39. The first-order chi connectivity index (χ1) is 9.54. The number of nitrogens with zero attached hydrogens (tertiary/aromatic N) is 1. The first-order valence-electron chi connectivity index (χ1n) is 6.25. The molecule has 2 rings (SSSR count). The Labute approximate surface area is 121 Å². The molecule has 104 valence electrons. The van der Waals surface area contributed by atoms with Gasteiger partial charge in [0.2, 0.25) is 0 Å². The molecule has 1 N–H and O–H groups in total. The van der Waals surface area contributed by atoms with Crippen molar-refractivity contribution in [2.75, 3.05) is 11.4 Å². The maximum atomic E-state index is 12.5. The van der Waals surface area contributed by atoms with E-state index >= 15 is 0 Å². The van der Waals surface area contributed by atoms with Gasteiger partial charge in [-0.25, -0.2) is 4.79 Å². The van der Waals surface area contributed by atoms with Crippen LogP contribution in [0.15, 0.2) is 36.4 Å². The van der Waals surface area contributed by atoms with E-state index in [2.05, 4.69) is 0 Å². The van der Waals surface area contributed by atoms with Crippen molar-refractivity contribution >= 4 is 28.9 Å². The Morgan fingerprint density at radius 1 is 1.15 bits per heavy atom. The number of hydrogen-bond donors (Lipinski definition) is 1. The molecule has 0 aliphatic rings. The molecular weight excluding hydrogens is 274 g/mol. The van der Waals surface area contributed by atoms with Crippen LogP contribution in [0.5, 0.6) is 0 Å². The van der Waals surface area contributed by atoms with Gasteiger partial charge < -0.3 is 10.0 Å². The fourth-order valence-corrected chi connectivity index (χ4v) is 2.78. The van der Waals surface area contributed by atoms with Crippen molar-refractivity contribution in [2.24, 2.45) is 0 Å². The average Bonchev–Trinajstić information content (AvgIpc) is 2.91. The third-order valence-corrected chi connectivity index (χ3v) is 4.06. The summed E-state index contributed by atoms with van der Waals surface area (Å²) in [5.41, 5.74) is 1.86. The quantitative estimate of drug-likeness (QED) is 0.938. The summed E-state index contributed by atoms with van der Waals surface area (Å²) in [4.78, 5) is 25.7. The lowest BCUT2D eigenvalue weighted by Crippen LogP contribution is -2.30. The van der Waals surface area contributed by atoms with Gasteiger partial charge in [0.25, 0.3) is 5.91 Å². The van der Waals surface area contributed by atoms with Crippen LogP contribution in [0.3, 0.4) is 0 Å². The summed E-state index contributed by atoms with van der Waals surface area (Å²) in [6.45, 7) is 4.38. The molecule has 1 aromatic heterocycles. The zero-order chi connectivity index (χ0) is 14.7. The Morgan fingerprint density at radius 3 is 2.35 bits per heavy atom. The summed E-state index contributed by atoms with van der Waals surface area (Å²) in [7, 11) is 0. The van der Waals surface area contributed by atoms with E-state index in [9.17, 15) is 9.59 Å². The second-order valence-electron chi connectivity index (χ2n) is 4.30. The zero-order valence-electron chi connectivity index (χ0n) is 11.3. The van der Waals surface area contributed by atoms with E-state index in [0.29, 0.717) is 11.4 Å². The number of para-hydroxylation sites is 1. The highest BCUT2D eigenvalue weighted by molar-refractivity contribution is 7.16. The fraction of sp³-hybridized carbons (Fsp3) is 0.200. The van der Waals surface area contributed by atoms with Crippen molar-refractivity contribution < 1.29 is 14.7 Å². The van der Waals surface area contributed by atoms with Crippen molar-refractivity contribution in [3.63, 3.8) is 0 Å². The van der Waals surface area contributed by atoms with E-state index in [0.717, 1.165) is 22.6 Å². The SMILES string of the molecule is CCN(C(=O)c1ccc(C(=O)O)s1)c1ccccc1C. The van der Waals surface area contributed by atoms with Crippen LogP contribution in [-0.4, -0.2) is 23.5 Å². The highest BCUT2D eigenvalue weighted by Crippen LogP contribution is 2.24. The van der Waals surface area contributed by atoms with E-state index in [1.54, 1.807) is 11.0 Å². The minimum Gasteiger partial charge on any atom is -0.477 e. The number of amides is 1. The number of thiophene rings is 1. The Morgan fingerprint density at radius 2 is 1.80 bits per heavy atom. The minimum absolute atomic E-state index is 0.167. The van der Waals surface area contributed by atoms with Crippen LogP contribution in [0.25, 0.3) is 0 Å². The molecule has 0 aliphatic carbocycles. The van der Waals surface area contributed by atoms with Gasteiger partial charge in [-0.05, 0) is 37.6 Å². The topological polar surface area (TPSA) is 57.6 Å². The lowest BCUT2D eigenvalue weighted by atomic mass is 10.1. The highest BCUT2D eigenvalue weighted by Gasteiger charge is 2.20. The number of carbonyl (C=O) groups is 2. The molecule has 0 unspecified atom stereocenters. The van der Waals surface area contributed by atoms with Gasteiger partial charge in [0.15, 0.2) is 0 Å². The monoisotopic (exact) mass is 289 g/mol. The lowest BCUT2D eigenvalue weighted by molar-refractivity contribution is 0.0702. The third kappa shape index (κ3) is 2.72. The lowest BCUT2D eigenvalue weighted by Gasteiger charge is -2.22. The zero-order valence-corrected chi connectivity index (χ0v) is 12.1. The predicted octanol–water partition coefficient (Wildman–Crippen LogP) is 3.42. The van der Waals surface area contributed by atoms with Gasteiger partial charge >= 0.3 is 5.97 Å². The van der Waals surface area contributed by atoms with Gasteiger partial charge in [-0.1, -0.05) is 18.2 Å². The van der Waals surface area contributed by atoms with Crippen LogP contribution in [0.1, 0.15) is 31.8 Å². The first kappa shape index (κ1) is 14.3. The molecule has 0 spiro atoms. The smallest absolute Gasteiger partial charge is 0.345 e. The van der Waals surface area contributed by atoms with Crippen LogP contribution in [0, 0.1) is 6.92 Å². The van der Waals surface area contributed by atoms with Gasteiger partial charge in [-0.3, -0.25) is 4.79 Å². The van der Waals surface area contributed by atoms with Crippen molar-refractivity contribution in [1.82, 2.24) is 0 Å². The maximum Gasteiger partial charge on any atom is 0.345 e. The number of aryl methyl sites for hydroxylation is 1. The number of hydrogen-bond acceptors (Lipinski definition) is 3. The Kier molecular flexibility index (Phi) is 4.20. The molecule has 4 nitrogen and oxygen atoms in total. The predicted molar refractivity (Wildman–Crippen MR) is 79.8 cm³/mol. The Bertz CT molecular complexity index is 648. The molecule has 0 saturated heterocycles. The Hall–Kier alpha value is -2.14. The summed E-state index contributed by atoms with van der Waals surface area (Å²) < 4.78 is 0. The number of benzene rings is 1. The molecule has 20 heavy (non-hydrogen) atoms. The summed E-state index contributed by atoms with van der Waals surface area (Å²) in [6.07, 6.45) is 0. The third-order valence-electron chi connectivity index (χ3n) is 3.00. The number of carboxylic acids is 1. The molecule has 0 radical (unpaired) electrons. The van der Waals surface area contributed by atoms with Gasteiger partial charge in [-0.15, -0.1) is 11.3 Å². The molecule has 2 aromatic rings. The van der Waals surface area contributed by atoms with Crippen LogP contribution in [-0.2, 0) is 0 Å². The van der Waals surface area contributed by atoms with E-state index in [1.165, 1.54) is 6.07 Å². The number of anilines is 1. The molecule has 1 heterocycles. The first-order valence-corrected chi connectivity index (χ1v) is 7.07. The fourth-order valence-electron chi connectivity index (χ4n) is 1.99. The highest BCUT2D eigenvalue weighted by atomic mass is 32.1. The normalized spacial score (nSPS) is 10.3. The maximum absolute atomic E-state index is 12.5. The summed E-state index contributed by atoms with van der Waals surface area (Å²) >= 11 is 1.00. The van der Waals surface area contributed by atoms with Crippen molar-refractivity contribution in [3.05, 3.63) is 51.7 Å². The average molecular weight is 289 g/mol. The van der Waals surface area contributed by atoms with E-state index < -0.39 is 5.97 Å². The molecule has 1 amide bonds. The molecule has 0 atom stereocenters. The summed E-state index contributed by atoms with van der Waals surface area (Å²) in [6, 6.07) is 10.7. The van der Waals surface area contributed by atoms with E-state index in [1.807, 2.05) is 38.1 Å². The van der Waals surface area contributed by atoms with Crippen molar-refractivity contribution in [2.45, 2.75) is 13.8 Å². The number of aromatic carboxylic acids is 1. The molecule has 0 aliphatic heterocycles. The van der Waals surface area contributed by atoms with Crippen LogP contribution >= 0.6 is 11.3 Å². The molecule has 5 heteroatoms. The van der Waals surface area contributed by atoms with E-state index in [-0.39, 0.29) is 10.8 Å². The van der Waals surface area contributed by atoms with Crippen molar-refractivity contribution in [1.29, 1.82) is 0 Å². The van der Waals surface area contributed by atoms with Gasteiger partial charge in [0.05, 0.1) is 4.88 Å². The van der Waals surface area contributed by atoms with Gasteiger partial charge in [0.1, 0.15) is 4.88 Å². The van der Waals surface area contributed by atoms with Crippen LogP contribution < -0.4 is 4.90 Å². The summed E-state index contributed by atoms with van der Waals surface area (Å²) in [5.74, 6) is -1.17. The Balaban J connectivity index is 2.34. The second kappa shape index (κ2) is 5.88. The summed E-state index contributed by atoms with van der Waals surface area (Å²) in [5, 5.41) is 8.92. The molecule has 0 saturated carbocycles. The molecular formula is C15H15NO3S. The van der Waals surface area contributed by atoms with Gasteiger partial charge in [0, 0.05) is 12.2 Å². The minimum atomic E-state index is -1.01. The van der Waals surface area contributed by atoms with Crippen LogP contribution in [0.2, 0.25) is 0 Å². The number of rotatable bonds is 4. The largest absolute Gasteiger partial charge is 0.477 e. The number of carbonyl (C=O) groups excluding carboxylic acids is 1. The van der Waals surface area contributed by atoms with Gasteiger partial charge in [-0.2, -0.15) is 0 Å². The molecule has 1 aromatic carbocycles. The van der Waals surface area contributed by atoms with E-state index in [4.69, 9.17) is 5.11 Å².